The van der Waals surface area contributed by atoms with Crippen molar-refractivity contribution >= 4 is 11.8 Å². The molecular formula is C10H21N3O3. The van der Waals surface area contributed by atoms with Gasteiger partial charge in [0.2, 0.25) is 11.8 Å². The molecule has 0 aromatic rings. The number of nitrogens with one attached hydrogen (secondary N) is 3. The molecule has 0 saturated heterocycles. The molecule has 0 unspecified atom stereocenters. The van der Waals surface area contributed by atoms with Crippen LogP contribution in [0.5, 0.6) is 0 Å². The summed E-state index contributed by atoms with van der Waals surface area (Å²) in [5.74, 6) is -0.436. The van der Waals surface area contributed by atoms with Gasteiger partial charge in [-0.25, -0.2) is 0 Å². The molecule has 3 N–H and O–H groups in total. The Balaban J connectivity index is 3.80. The van der Waals surface area contributed by atoms with Crippen LogP contribution < -0.4 is 16.0 Å². The molecule has 94 valence electrons. The Labute approximate surface area is 96.1 Å². The van der Waals surface area contributed by atoms with Gasteiger partial charge >= 0.3 is 0 Å². The van der Waals surface area contributed by atoms with Crippen molar-refractivity contribution in [3.05, 3.63) is 0 Å². The second-order valence-electron chi connectivity index (χ2n) is 3.90. The molecular weight excluding hydrogens is 210 g/mol. The van der Waals surface area contributed by atoms with E-state index in [1.54, 1.807) is 28.0 Å². The number of hydrogen-bond acceptors (Lipinski definition) is 4. The van der Waals surface area contributed by atoms with Gasteiger partial charge in [-0.1, -0.05) is 0 Å². The minimum absolute atomic E-state index is 0.0202. The molecule has 0 aliphatic carbocycles. The van der Waals surface area contributed by atoms with Crippen LogP contribution >= 0.6 is 0 Å². The third kappa shape index (κ3) is 5.67. The molecule has 2 amide bonds. The van der Waals surface area contributed by atoms with Gasteiger partial charge in [0, 0.05) is 13.7 Å². The van der Waals surface area contributed by atoms with Gasteiger partial charge < -0.3 is 20.7 Å². The van der Waals surface area contributed by atoms with Crippen molar-refractivity contribution in [3.63, 3.8) is 0 Å². The average Bonchev–Trinajstić information content (AvgIpc) is 2.26. The molecule has 0 aliphatic rings. The summed E-state index contributed by atoms with van der Waals surface area (Å²) >= 11 is 0. The second-order valence-corrected chi connectivity index (χ2v) is 3.90. The normalized spacial score (nSPS) is 11.0. The Morgan fingerprint density at radius 3 is 2.38 bits per heavy atom. The van der Waals surface area contributed by atoms with Crippen LogP contribution in [-0.2, 0) is 14.3 Å². The molecule has 0 aliphatic heterocycles. The third-order valence-electron chi connectivity index (χ3n) is 2.23. The summed E-state index contributed by atoms with van der Waals surface area (Å²) in [6, 6.07) is 0. The zero-order chi connectivity index (χ0) is 12.6. The number of amides is 2. The number of carbonyl (C=O) groups excluding carboxylic acids is 2. The van der Waals surface area contributed by atoms with Crippen LogP contribution in [0.3, 0.4) is 0 Å². The van der Waals surface area contributed by atoms with Crippen LogP contribution in [0.25, 0.3) is 0 Å². The fourth-order valence-electron chi connectivity index (χ4n) is 0.850. The first-order chi connectivity index (χ1) is 7.44. The Morgan fingerprint density at radius 1 is 1.25 bits per heavy atom. The predicted octanol–water partition coefficient (Wildman–Crippen LogP) is -1.14. The smallest absolute Gasteiger partial charge is 0.240 e. The SMILES string of the molecule is CNC(C)(C)C(=O)NCC(=O)NCCOC. The molecule has 6 heteroatoms. The van der Waals surface area contributed by atoms with Crippen LogP contribution in [0.2, 0.25) is 0 Å². The number of hydrogen-bond donors (Lipinski definition) is 3. The zero-order valence-electron chi connectivity index (χ0n) is 10.3. The summed E-state index contributed by atoms with van der Waals surface area (Å²) < 4.78 is 4.78. The molecule has 16 heavy (non-hydrogen) atoms. The van der Waals surface area contributed by atoms with Crippen molar-refractivity contribution in [3.8, 4) is 0 Å². The summed E-state index contributed by atoms with van der Waals surface area (Å²) in [6.45, 7) is 4.37. The lowest BCUT2D eigenvalue weighted by molar-refractivity contribution is -0.129. The lowest BCUT2D eigenvalue weighted by Gasteiger charge is -2.22. The predicted molar refractivity (Wildman–Crippen MR) is 61.0 cm³/mol. The summed E-state index contributed by atoms with van der Waals surface area (Å²) in [7, 11) is 3.25. The van der Waals surface area contributed by atoms with Gasteiger partial charge in [-0.05, 0) is 20.9 Å². The molecule has 0 rings (SSSR count). The van der Waals surface area contributed by atoms with Gasteiger partial charge in [-0.2, -0.15) is 0 Å². The maximum Gasteiger partial charge on any atom is 0.240 e. The molecule has 0 heterocycles. The first-order valence-electron chi connectivity index (χ1n) is 5.17. The summed E-state index contributed by atoms with van der Waals surface area (Å²) in [4.78, 5) is 22.8. The highest BCUT2D eigenvalue weighted by Gasteiger charge is 2.24. The molecule has 0 aromatic carbocycles. The average molecular weight is 231 g/mol. The summed E-state index contributed by atoms with van der Waals surface area (Å²) in [5, 5.41) is 8.01. The van der Waals surface area contributed by atoms with Crippen LogP contribution in [-0.4, -0.2) is 51.2 Å². The minimum atomic E-state index is -0.674. The molecule has 0 aromatic heterocycles. The summed E-state index contributed by atoms with van der Waals surface area (Å²) in [6.07, 6.45) is 0. The van der Waals surface area contributed by atoms with E-state index in [0.29, 0.717) is 13.2 Å². The van der Waals surface area contributed by atoms with Crippen molar-refractivity contribution < 1.29 is 14.3 Å². The van der Waals surface area contributed by atoms with Gasteiger partial charge in [0.25, 0.3) is 0 Å². The van der Waals surface area contributed by atoms with E-state index in [-0.39, 0.29) is 18.4 Å². The maximum absolute atomic E-state index is 11.6. The van der Waals surface area contributed by atoms with Crippen LogP contribution in [0.1, 0.15) is 13.8 Å². The van der Waals surface area contributed by atoms with Crippen molar-refractivity contribution in [1.82, 2.24) is 16.0 Å². The topological polar surface area (TPSA) is 79.5 Å². The second kappa shape index (κ2) is 7.19. The Hall–Kier alpha value is -1.14. The highest BCUT2D eigenvalue weighted by molar-refractivity contribution is 5.89. The maximum atomic E-state index is 11.6. The van der Waals surface area contributed by atoms with E-state index >= 15 is 0 Å². The molecule has 0 bridgehead atoms. The van der Waals surface area contributed by atoms with Gasteiger partial charge in [-0.15, -0.1) is 0 Å². The monoisotopic (exact) mass is 231 g/mol. The van der Waals surface area contributed by atoms with E-state index < -0.39 is 5.54 Å². The molecule has 6 nitrogen and oxygen atoms in total. The van der Waals surface area contributed by atoms with Gasteiger partial charge in [-0.3, -0.25) is 9.59 Å². The van der Waals surface area contributed by atoms with Crippen molar-refractivity contribution in [2.24, 2.45) is 0 Å². The molecule has 0 saturated carbocycles. The quantitative estimate of drug-likeness (QED) is 0.484. The van der Waals surface area contributed by atoms with Gasteiger partial charge in [0.1, 0.15) is 0 Å². The number of methoxy groups -OCH3 is 1. The van der Waals surface area contributed by atoms with E-state index in [1.165, 1.54) is 0 Å². The highest BCUT2D eigenvalue weighted by atomic mass is 16.5. The highest BCUT2D eigenvalue weighted by Crippen LogP contribution is 1.99. The Bertz CT molecular complexity index is 241. The van der Waals surface area contributed by atoms with Gasteiger partial charge in [0.15, 0.2) is 0 Å². The molecule has 0 spiro atoms. The van der Waals surface area contributed by atoms with E-state index in [1.807, 2.05) is 0 Å². The van der Waals surface area contributed by atoms with E-state index in [0.717, 1.165) is 0 Å². The van der Waals surface area contributed by atoms with E-state index in [4.69, 9.17) is 4.74 Å². The lowest BCUT2D eigenvalue weighted by atomic mass is 10.1. The first-order valence-corrected chi connectivity index (χ1v) is 5.17. The van der Waals surface area contributed by atoms with Crippen LogP contribution in [0, 0.1) is 0 Å². The largest absolute Gasteiger partial charge is 0.383 e. The van der Waals surface area contributed by atoms with E-state index in [9.17, 15) is 9.59 Å². The Kier molecular flexibility index (Phi) is 6.67. The van der Waals surface area contributed by atoms with Crippen molar-refractivity contribution in [1.29, 1.82) is 0 Å². The third-order valence-corrected chi connectivity index (χ3v) is 2.23. The number of carbonyl (C=O) groups is 2. The first kappa shape index (κ1) is 14.9. The molecule has 0 radical (unpaired) electrons. The fourth-order valence-corrected chi connectivity index (χ4v) is 0.850. The minimum Gasteiger partial charge on any atom is -0.383 e. The van der Waals surface area contributed by atoms with E-state index in [2.05, 4.69) is 16.0 Å². The Morgan fingerprint density at radius 2 is 1.88 bits per heavy atom. The number of rotatable bonds is 7. The van der Waals surface area contributed by atoms with Crippen LogP contribution in [0.4, 0.5) is 0 Å². The standard InChI is InChI=1S/C10H21N3O3/c1-10(2,11-3)9(15)13-7-8(14)12-5-6-16-4/h11H,5-7H2,1-4H3,(H,12,14)(H,13,15). The van der Waals surface area contributed by atoms with Crippen LogP contribution in [0.15, 0.2) is 0 Å². The van der Waals surface area contributed by atoms with Gasteiger partial charge in [0.05, 0.1) is 18.7 Å². The fraction of sp³-hybridized carbons (Fsp3) is 0.800. The number of likely N-dealkylation sites (N-methyl/N-ethyl adjacent to an activating group) is 1. The summed E-state index contributed by atoms with van der Waals surface area (Å²) in [5.41, 5.74) is -0.674. The molecule has 0 atom stereocenters. The van der Waals surface area contributed by atoms with Crippen molar-refractivity contribution in [2.75, 3.05) is 33.9 Å². The number of ether oxygens (including phenoxy) is 1. The lowest BCUT2D eigenvalue weighted by Crippen LogP contribution is -2.53. The van der Waals surface area contributed by atoms with Crippen molar-refractivity contribution in [2.45, 2.75) is 19.4 Å². The zero-order valence-corrected chi connectivity index (χ0v) is 10.3. The molecule has 0 fully saturated rings.